The van der Waals surface area contributed by atoms with E-state index in [2.05, 4.69) is 11.7 Å². The van der Waals surface area contributed by atoms with Crippen molar-refractivity contribution in [2.75, 3.05) is 0 Å². The summed E-state index contributed by atoms with van der Waals surface area (Å²) in [6, 6.07) is 0. The van der Waals surface area contributed by atoms with E-state index in [-0.39, 0.29) is 5.78 Å². The van der Waals surface area contributed by atoms with Gasteiger partial charge in [-0.2, -0.15) is 5.10 Å². The number of allylic oxidation sites excluding steroid dienone is 1. The average Bonchev–Trinajstić information content (AvgIpc) is 2.26. The Morgan fingerprint density at radius 3 is 2.31 bits per heavy atom. The highest BCUT2D eigenvalue weighted by molar-refractivity contribution is 6.09. The fourth-order valence-electron chi connectivity index (χ4n) is 1.32. The molecule has 0 atom stereocenters. The van der Waals surface area contributed by atoms with Gasteiger partial charge in [0.2, 0.25) is 0 Å². The summed E-state index contributed by atoms with van der Waals surface area (Å²) >= 11 is 0. The molecule has 1 aromatic rings. The third-order valence-electron chi connectivity index (χ3n) is 2.12. The first kappa shape index (κ1) is 9.71. The minimum absolute atomic E-state index is 0.0110. The quantitative estimate of drug-likeness (QED) is 0.511. The second kappa shape index (κ2) is 3.17. The van der Waals surface area contributed by atoms with Crippen molar-refractivity contribution in [1.29, 1.82) is 0 Å². The van der Waals surface area contributed by atoms with Crippen LogP contribution in [0.1, 0.15) is 28.7 Å². The summed E-state index contributed by atoms with van der Waals surface area (Å²) in [5.74, 6) is -0.0110. The number of ketones is 1. The van der Waals surface area contributed by atoms with E-state index in [1.807, 2.05) is 20.9 Å². The van der Waals surface area contributed by atoms with Gasteiger partial charge in [-0.3, -0.25) is 9.48 Å². The molecule has 0 aliphatic rings. The molecular formula is C10H14N2O. The number of hydrogen-bond donors (Lipinski definition) is 0. The number of nitrogens with zero attached hydrogens (tertiary/aromatic N) is 2. The molecule has 70 valence electrons. The Morgan fingerprint density at radius 2 is 2.00 bits per heavy atom. The normalized spacial score (nSPS) is 10.2. The summed E-state index contributed by atoms with van der Waals surface area (Å²) < 4.78 is 1.71. The molecule has 3 nitrogen and oxygen atoms in total. The monoisotopic (exact) mass is 178 g/mol. The van der Waals surface area contributed by atoms with Gasteiger partial charge in [-0.15, -0.1) is 0 Å². The minimum Gasteiger partial charge on any atom is -0.289 e. The number of carbonyl (C=O) groups excluding carboxylic acids is 1. The first-order valence-electron chi connectivity index (χ1n) is 4.15. The van der Waals surface area contributed by atoms with Crippen molar-refractivity contribution in [2.24, 2.45) is 7.05 Å². The average molecular weight is 178 g/mol. The Kier molecular flexibility index (Phi) is 2.36. The van der Waals surface area contributed by atoms with Crippen molar-refractivity contribution in [3.8, 4) is 0 Å². The largest absolute Gasteiger partial charge is 0.289 e. The number of aryl methyl sites for hydroxylation is 2. The molecule has 0 spiro atoms. The fraction of sp³-hybridized carbons (Fsp3) is 0.400. The van der Waals surface area contributed by atoms with Gasteiger partial charge in [0.25, 0.3) is 0 Å². The Morgan fingerprint density at radius 1 is 1.46 bits per heavy atom. The predicted octanol–water partition coefficient (Wildman–Crippen LogP) is 1.80. The van der Waals surface area contributed by atoms with Gasteiger partial charge in [-0.25, -0.2) is 0 Å². The molecule has 0 fully saturated rings. The van der Waals surface area contributed by atoms with Gasteiger partial charge in [0.15, 0.2) is 5.78 Å². The van der Waals surface area contributed by atoms with Crippen LogP contribution >= 0.6 is 0 Å². The van der Waals surface area contributed by atoms with E-state index in [1.54, 1.807) is 11.6 Å². The number of carbonyl (C=O) groups is 1. The lowest BCUT2D eigenvalue weighted by Crippen LogP contribution is -2.03. The van der Waals surface area contributed by atoms with Gasteiger partial charge >= 0.3 is 0 Å². The Balaban J connectivity index is 3.29. The first-order chi connectivity index (χ1) is 5.95. The molecular weight excluding hydrogens is 164 g/mol. The zero-order valence-corrected chi connectivity index (χ0v) is 8.51. The third-order valence-corrected chi connectivity index (χ3v) is 2.12. The molecule has 0 aliphatic carbocycles. The van der Waals surface area contributed by atoms with E-state index in [0.717, 1.165) is 11.4 Å². The minimum atomic E-state index is -0.0110. The van der Waals surface area contributed by atoms with E-state index in [9.17, 15) is 4.79 Å². The maximum absolute atomic E-state index is 11.6. The van der Waals surface area contributed by atoms with Crippen LogP contribution in [0.4, 0.5) is 0 Å². The van der Waals surface area contributed by atoms with Gasteiger partial charge < -0.3 is 0 Å². The molecule has 0 unspecified atom stereocenters. The van der Waals surface area contributed by atoms with Gasteiger partial charge in [-0.05, 0) is 26.3 Å². The first-order valence-corrected chi connectivity index (χ1v) is 4.15. The van der Waals surface area contributed by atoms with Crippen molar-refractivity contribution in [2.45, 2.75) is 20.8 Å². The second-order valence-electron chi connectivity index (χ2n) is 3.28. The van der Waals surface area contributed by atoms with Crippen LogP contribution in [-0.4, -0.2) is 15.6 Å². The Labute approximate surface area is 78.1 Å². The summed E-state index contributed by atoms with van der Waals surface area (Å²) in [7, 11) is 1.83. The topological polar surface area (TPSA) is 34.9 Å². The van der Waals surface area contributed by atoms with Crippen LogP contribution in [0.15, 0.2) is 12.2 Å². The van der Waals surface area contributed by atoms with E-state index < -0.39 is 0 Å². The molecule has 0 aromatic carbocycles. The summed E-state index contributed by atoms with van der Waals surface area (Å²) in [6.45, 7) is 9.07. The van der Waals surface area contributed by atoms with Crippen LogP contribution in [0, 0.1) is 13.8 Å². The molecule has 0 N–H and O–H groups in total. The molecule has 0 bridgehead atoms. The van der Waals surface area contributed by atoms with Crippen molar-refractivity contribution >= 4 is 5.78 Å². The highest BCUT2D eigenvalue weighted by Crippen LogP contribution is 2.15. The fourth-order valence-corrected chi connectivity index (χ4v) is 1.32. The molecule has 0 amide bonds. The zero-order valence-electron chi connectivity index (χ0n) is 8.51. The van der Waals surface area contributed by atoms with Gasteiger partial charge in [0.1, 0.15) is 0 Å². The predicted molar refractivity (Wildman–Crippen MR) is 51.8 cm³/mol. The summed E-state index contributed by atoms with van der Waals surface area (Å²) in [6.07, 6.45) is 0. The zero-order chi connectivity index (χ0) is 10.2. The number of Topliss-reactive ketones (excluding diaryl/α,β-unsaturated/α-hetero) is 1. The highest BCUT2D eigenvalue weighted by atomic mass is 16.1. The Hall–Kier alpha value is -1.38. The smallest absolute Gasteiger partial charge is 0.191 e. The number of rotatable bonds is 2. The van der Waals surface area contributed by atoms with Gasteiger partial charge in [0, 0.05) is 12.7 Å². The van der Waals surface area contributed by atoms with Crippen molar-refractivity contribution < 1.29 is 4.79 Å². The van der Waals surface area contributed by atoms with E-state index in [0.29, 0.717) is 11.1 Å². The molecule has 3 heteroatoms. The van der Waals surface area contributed by atoms with Crippen molar-refractivity contribution in [3.63, 3.8) is 0 Å². The molecule has 13 heavy (non-hydrogen) atoms. The Bertz CT molecular complexity index is 375. The molecule has 0 radical (unpaired) electrons. The summed E-state index contributed by atoms with van der Waals surface area (Å²) in [4.78, 5) is 11.6. The maximum Gasteiger partial charge on any atom is 0.191 e. The molecule has 1 aromatic heterocycles. The van der Waals surface area contributed by atoms with Gasteiger partial charge in [0.05, 0.1) is 11.3 Å². The summed E-state index contributed by atoms with van der Waals surface area (Å²) in [5, 5.41) is 4.17. The van der Waals surface area contributed by atoms with Gasteiger partial charge in [-0.1, -0.05) is 6.58 Å². The standard InChI is InChI=1S/C10H14N2O/c1-6(2)10(13)9-7(3)11-12(5)8(9)4/h1H2,2-5H3. The summed E-state index contributed by atoms with van der Waals surface area (Å²) in [5.41, 5.74) is 2.91. The lowest BCUT2D eigenvalue weighted by atomic mass is 10.0. The van der Waals surface area contributed by atoms with Crippen LogP contribution < -0.4 is 0 Å². The van der Waals surface area contributed by atoms with Crippen molar-refractivity contribution in [1.82, 2.24) is 9.78 Å². The van der Waals surface area contributed by atoms with Crippen LogP contribution in [0.3, 0.4) is 0 Å². The van der Waals surface area contributed by atoms with Crippen LogP contribution in [0.25, 0.3) is 0 Å². The molecule has 0 aliphatic heterocycles. The van der Waals surface area contributed by atoms with E-state index in [4.69, 9.17) is 0 Å². The number of aromatic nitrogens is 2. The SMILES string of the molecule is C=C(C)C(=O)c1c(C)nn(C)c1C. The maximum atomic E-state index is 11.6. The van der Waals surface area contributed by atoms with Crippen LogP contribution in [0.5, 0.6) is 0 Å². The van der Waals surface area contributed by atoms with Crippen molar-refractivity contribution in [3.05, 3.63) is 29.1 Å². The van der Waals surface area contributed by atoms with Crippen LogP contribution in [-0.2, 0) is 7.05 Å². The molecule has 0 saturated carbocycles. The number of hydrogen-bond acceptors (Lipinski definition) is 2. The highest BCUT2D eigenvalue weighted by Gasteiger charge is 2.16. The van der Waals surface area contributed by atoms with E-state index >= 15 is 0 Å². The molecule has 0 saturated heterocycles. The van der Waals surface area contributed by atoms with E-state index in [1.165, 1.54) is 0 Å². The lowest BCUT2D eigenvalue weighted by molar-refractivity contribution is 0.103. The van der Waals surface area contributed by atoms with Crippen LogP contribution in [0.2, 0.25) is 0 Å². The lowest BCUT2D eigenvalue weighted by Gasteiger charge is -1.99. The molecule has 1 rings (SSSR count). The third kappa shape index (κ3) is 1.54. The molecule has 1 heterocycles. The second-order valence-corrected chi connectivity index (χ2v) is 3.28.